The molecule has 0 radical (unpaired) electrons. The van der Waals surface area contributed by atoms with Crippen molar-refractivity contribution in [3.8, 4) is 0 Å². The van der Waals surface area contributed by atoms with Crippen molar-refractivity contribution in [1.29, 1.82) is 0 Å². The molecule has 0 aromatic carbocycles. The van der Waals surface area contributed by atoms with Crippen molar-refractivity contribution in [1.82, 2.24) is 0 Å². The lowest BCUT2D eigenvalue weighted by Gasteiger charge is -2.18. The van der Waals surface area contributed by atoms with E-state index < -0.39 is 35.2 Å². The number of hydrogen-bond donors (Lipinski definition) is 1. The highest BCUT2D eigenvalue weighted by Gasteiger charge is 2.38. The van der Waals surface area contributed by atoms with Crippen LogP contribution in [0.4, 0.5) is 0 Å². The minimum Gasteiger partial charge on any atom is -0.481 e. The van der Waals surface area contributed by atoms with Gasteiger partial charge in [0.05, 0.1) is 7.11 Å². The lowest BCUT2D eigenvalue weighted by atomic mass is 9.87. The number of nitrogens with zero attached hydrogens (tertiary/aromatic N) is 1. The highest BCUT2D eigenvalue weighted by Crippen LogP contribution is 2.21. The molecular formula is C11H19NO6. The van der Waals surface area contributed by atoms with Crippen LogP contribution in [0.1, 0.15) is 32.6 Å². The number of esters is 1. The molecule has 0 spiro atoms. The summed E-state index contributed by atoms with van der Waals surface area (Å²) in [4.78, 5) is 32.4. The minimum absolute atomic E-state index is 0.334. The maximum Gasteiger partial charge on any atom is 0.320 e. The largest absolute Gasteiger partial charge is 0.481 e. The Bertz CT molecular complexity index is 304. The van der Waals surface area contributed by atoms with Gasteiger partial charge in [-0.1, -0.05) is 26.2 Å². The molecule has 0 rings (SSSR count). The van der Waals surface area contributed by atoms with Gasteiger partial charge >= 0.3 is 11.9 Å². The third kappa shape index (κ3) is 5.60. The highest BCUT2D eigenvalue weighted by molar-refractivity contribution is 5.94. The van der Waals surface area contributed by atoms with Crippen molar-refractivity contribution in [3.05, 3.63) is 10.1 Å². The van der Waals surface area contributed by atoms with E-state index in [0.29, 0.717) is 12.8 Å². The molecule has 0 aliphatic rings. The number of carbonyl (C=O) groups excluding carboxylic acids is 1. The molecule has 0 aliphatic heterocycles. The van der Waals surface area contributed by atoms with Crippen LogP contribution in [0.25, 0.3) is 0 Å². The van der Waals surface area contributed by atoms with Crippen LogP contribution in [-0.2, 0) is 14.3 Å². The normalized spacial score (nSPS) is 13.7. The second-order valence-electron chi connectivity index (χ2n) is 4.11. The first kappa shape index (κ1) is 16.3. The van der Waals surface area contributed by atoms with E-state index >= 15 is 0 Å². The van der Waals surface area contributed by atoms with Crippen molar-refractivity contribution < 1.29 is 24.4 Å². The van der Waals surface area contributed by atoms with Crippen LogP contribution in [0.15, 0.2) is 0 Å². The van der Waals surface area contributed by atoms with Crippen molar-refractivity contribution in [2.75, 3.05) is 13.7 Å². The lowest BCUT2D eigenvalue weighted by Crippen LogP contribution is -2.36. The van der Waals surface area contributed by atoms with E-state index in [1.807, 2.05) is 6.92 Å². The Morgan fingerprint density at radius 3 is 2.39 bits per heavy atom. The van der Waals surface area contributed by atoms with Gasteiger partial charge in [-0.2, -0.15) is 0 Å². The standard InChI is InChI=1S/C11H19NO6/c1-3-4-5-6-8(7-12(16)17)9(10(13)14)11(15)18-2/h8-9H,3-7H2,1-2H3,(H,13,14). The van der Waals surface area contributed by atoms with Gasteiger partial charge in [-0.05, 0) is 6.42 Å². The molecule has 1 N–H and O–H groups in total. The highest BCUT2D eigenvalue weighted by atomic mass is 16.6. The summed E-state index contributed by atoms with van der Waals surface area (Å²) in [6.07, 6.45) is 2.76. The molecule has 0 saturated carbocycles. The van der Waals surface area contributed by atoms with Gasteiger partial charge in [-0.3, -0.25) is 19.7 Å². The number of rotatable bonds is 9. The van der Waals surface area contributed by atoms with Gasteiger partial charge in [0.15, 0.2) is 5.92 Å². The first-order valence-corrected chi connectivity index (χ1v) is 5.86. The van der Waals surface area contributed by atoms with Crippen LogP contribution in [-0.4, -0.2) is 35.6 Å². The van der Waals surface area contributed by atoms with Gasteiger partial charge < -0.3 is 9.84 Å². The van der Waals surface area contributed by atoms with Crippen LogP contribution >= 0.6 is 0 Å². The van der Waals surface area contributed by atoms with Crippen LogP contribution in [0.5, 0.6) is 0 Å². The fourth-order valence-electron chi connectivity index (χ4n) is 1.83. The molecule has 0 fully saturated rings. The number of methoxy groups -OCH3 is 1. The number of aliphatic carboxylic acids is 1. The number of unbranched alkanes of at least 4 members (excludes halogenated alkanes) is 2. The first-order chi connectivity index (χ1) is 8.43. The van der Waals surface area contributed by atoms with E-state index in [9.17, 15) is 19.7 Å². The summed E-state index contributed by atoms with van der Waals surface area (Å²) in [6, 6.07) is 0. The van der Waals surface area contributed by atoms with E-state index in [4.69, 9.17) is 5.11 Å². The molecule has 2 atom stereocenters. The number of carboxylic acids is 1. The molecule has 7 nitrogen and oxygen atoms in total. The summed E-state index contributed by atoms with van der Waals surface area (Å²) in [7, 11) is 1.08. The summed E-state index contributed by atoms with van der Waals surface area (Å²) in [5.74, 6) is -4.58. The Morgan fingerprint density at radius 1 is 1.39 bits per heavy atom. The Labute approximate surface area is 105 Å². The quantitative estimate of drug-likeness (QED) is 0.220. The number of carbonyl (C=O) groups is 2. The van der Waals surface area contributed by atoms with Gasteiger partial charge in [0, 0.05) is 10.8 Å². The summed E-state index contributed by atoms with van der Waals surface area (Å²) < 4.78 is 4.40. The molecule has 104 valence electrons. The van der Waals surface area contributed by atoms with Gasteiger partial charge in [0.25, 0.3) is 0 Å². The van der Waals surface area contributed by atoms with E-state index in [1.54, 1.807) is 0 Å². The fraction of sp³-hybridized carbons (Fsp3) is 0.818. The summed E-state index contributed by atoms with van der Waals surface area (Å²) in [6.45, 7) is 1.44. The second kappa shape index (κ2) is 8.43. The third-order valence-electron chi connectivity index (χ3n) is 2.75. The van der Waals surface area contributed by atoms with E-state index in [2.05, 4.69) is 4.74 Å². The molecule has 0 bridgehead atoms. The lowest BCUT2D eigenvalue weighted by molar-refractivity contribution is -0.489. The van der Waals surface area contributed by atoms with E-state index in [-0.39, 0.29) is 0 Å². The average Bonchev–Trinajstić information content (AvgIpc) is 2.27. The van der Waals surface area contributed by atoms with E-state index in [0.717, 1.165) is 20.0 Å². The van der Waals surface area contributed by atoms with Gasteiger partial charge in [0.2, 0.25) is 6.54 Å². The number of ether oxygens (including phenoxy) is 1. The van der Waals surface area contributed by atoms with Gasteiger partial charge in [0.1, 0.15) is 0 Å². The maximum atomic E-state index is 11.4. The monoisotopic (exact) mass is 261 g/mol. The van der Waals surface area contributed by atoms with Crippen LogP contribution in [0, 0.1) is 22.0 Å². The van der Waals surface area contributed by atoms with Crippen molar-refractivity contribution in [2.45, 2.75) is 32.6 Å². The molecular weight excluding hydrogens is 242 g/mol. The van der Waals surface area contributed by atoms with Crippen molar-refractivity contribution in [3.63, 3.8) is 0 Å². The summed E-state index contributed by atoms with van der Waals surface area (Å²) in [5.41, 5.74) is 0. The zero-order valence-electron chi connectivity index (χ0n) is 10.6. The molecule has 0 aromatic heterocycles. The smallest absolute Gasteiger partial charge is 0.320 e. The Morgan fingerprint density at radius 2 is 2.00 bits per heavy atom. The predicted octanol–water partition coefficient (Wildman–Crippen LogP) is 1.33. The average molecular weight is 261 g/mol. The predicted molar refractivity (Wildman–Crippen MR) is 62.6 cm³/mol. The number of hydrogen-bond acceptors (Lipinski definition) is 5. The summed E-state index contributed by atoms with van der Waals surface area (Å²) in [5, 5.41) is 19.5. The minimum atomic E-state index is -1.46. The SMILES string of the molecule is CCCCCC(C[N+](=O)[O-])C(C(=O)O)C(=O)OC. The Balaban J connectivity index is 4.79. The molecule has 0 saturated heterocycles. The van der Waals surface area contributed by atoms with Gasteiger partial charge in [-0.15, -0.1) is 0 Å². The van der Waals surface area contributed by atoms with Crippen molar-refractivity contribution in [2.24, 2.45) is 11.8 Å². The van der Waals surface area contributed by atoms with E-state index in [1.165, 1.54) is 0 Å². The molecule has 0 aromatic rings. The maximum absolute atomic E-state index is 11.4. The van der Waals surface area contributed by atoms with Gasteiger partial charge in [-0.25, -0.2) is 0 Å². The zero-order valence-corrected chi connectivity index (χ0v) is 10.6. The number of carboxylic acid groups (broad SMARTS) is 1. The third-order valence-corrected chi connectivity index (χ3v) is 2.75. The Hall–Kier alpha value is -1.66. The van der Waals surface area contributed by atoms with Crippen LogP contribution < -0.4 is 0 Å². The second-order valence-corrected chi connectivity index (χ2v) is 4.11. The molecule has 0 amide bonds. The molecule has 2 unspecified atom stereocenters. The molecule has 0 heterocycles. The topological polar surface area (TPSA) is 107 Å². The first-order valence-electron chi connectivity index (χ1n) is 5.86. The molecule has 18 heavy (non-hydrogen) atoms. The Kier molecular flexibility index (Phi) is 7.66. The summed E-state index contributed by atoms with van der Waals surface area (Å²) >= 11 is 0. The van der Waals surface area contributed by atoms with Crippen molar-refractivity contribution >= 4 is 11.9 Å². The molecule has 7 heteroatoms. The van der Waals surface area contributed by atoms with Crippen LogP contribution in [0.2, 0.25) is 0 Å². The van der Waals surface area contributed by atoms with Crippen LogP contribution in [0.3, 0.4) is 0 Å². The fourth-order valence-corrected chi connectivity index (χ4v) is 1.83. The molecule has 0 aliphatic carbocycles. The zero-order chi connectivity index (χ0) is 14.1. The number of nitro groups is 1.